The molecule has 2 aliphatic carbocycles. The number of nitrogens with two attached hydrogens (primary N) is 1. The first-order chi connectivity index (χ1) is 22.4. The van der Waals surface area contributed by atoms with Crippen LogP contribution in [-0.4, -0.2) is 23.5 Å². The molecule has 0 unspecified atom stereocenters. The molecule has 2 fully saturated rings. The molecule has 48 heavy (non-hydrogen) atoms. The first-order valence-electron chi connectivity index (χ1n) is 17.6. The first kappa shape index (κ1) is 40.1. The Morgan fingerprint density at radius 3 is 1.62 bits per heavy atom. The predicted octanol–water partition coefficient (Wildman–Crippen LogP) is 11.9. The van der Waals surface area contributed by atoms with Gasteiger partial charge in [0.1, 0.15) is 11.5 Å². The van der Waals surface area contributed by atoms with E-state index in [-0.39, 0.29) is 53.0 Å². The Labute approximate surface area is 311 Å². The molecule has 3 nitrogen and oxygen atoms in total. The Hall–Kier alpha value is -2.34. The van der Waals surface area contributed by atoms with Gasteiger partial charge in [0.15, 0.2) is 0 Å². The molecule has 0 aromatic heterocycles. The van der Waals surface area contributed by atoms with Gasteiger partial charge >= 0.3 is 0 Å². The van der Waals surface area contributed by atoms with Crippen molar-refractivity contribution in [2.75, 3.05) is 5.73 Å². The first-order valence-corrected chi connectivity index (χ1v) is 19.1. The molecule has 261 valence electrons. The van der Waals surface area contributed by atoms with Crippen molar-refractivity contribution in [3.05, 3.63) is 97.1 Å². The van der Waals surface area contributed by atoms with Crippen molar-refractivity contribution in [1.29, 1.82) is 0 Å². The molecule has 0 amide bonds. The van der Waals surface area contributed by atoms with Gasteiger partial charge in [-0.3, -0.25) is 0 Å². The molecule has 1 radical (unpaired) electrons. The zero-order valence-electron chi connectivity index (χ0n) is 29.1. The monoisotopic (exact) mass is 776 g/mol. The Bertz CT molecular complexity index is 1460. The molecule has 2 saturated carbocycles. The smallest absolute Gasteiger partial charge is 0.131 e. The third-order valence-electron chi connectivity index (χ3n) is 9.06. The molecule has 0 aliphatic heterocycles. The fourth-order valence-corrected chi connectivity index (χ4v) is 11.1. The van der Waals surface area contributed by atoms with E-state index in [2.05, 4.69) is 76.2 Å². The fraction of sp³-hybridized carbons (Fsp3) is 0.429. The molecule has 0 saturated heterocycles. The van der Waals surface area contributed by atoms with Crippen LogP contribution in [0, 0.1) is 6.07 Å². The van der Waals surface area contributed by atoms with Crippen molar-refractivity contribution < 1.29 is 29.9 Å². The van der Waals surface area contributed by atoms with E-state index in [0.29, 0.717) is 0 Å². The molecular formula is C42H54ClNO2PPd. The molecule has 6 rings (SSSR count). The Morgan fingerprint density at radius 1 is 0.625 bits per heavy atom. The topological polar surface area (TPSA) is 44.5 Å². The van der Waals surface area contributed by atoms with Crippen molar-refractivity contribution in [2.24, 2.45) is 0 Å². The standard InChI is InChI=1S/C30H43O2P.C12H10N.ClH.Pd/c1-22(2)31-27-19-13-20-28(32-23(3)4)30(27)26-18-11-12-21-29(26)33(24-14-7-5-8-15-24)25-16-9-6-10-17-25;13-12-9-5-4-8-11(12)10-6-2-1-3-7-10;;/h11-13,18-25H,5-10,14-17H2,1-4H3;1-6,8-9H,13H2;1H;. The average molecular weight is 778 g/mol. The summed E-state index contributed by atoms with van der Waals surface area (Å²) in [4.78, 5) is 0. The van der Waals surface area contributed by atoms with E-state index < -0.39 is 0 Å². The molecule has 6 heteroatoms. The number of benzene rings is 4. The number of rotatable bonds is 9. The van der Waals surface area contributed by atoms with Gasteiger partial charge in [-0.15, -0.1) is 12.4 Å². The van der Waals surface area contributed by atoms with Gasteiger partial charge in [0.25, 0.3) is 0 Å². The van der Waals surface area contributed by atoms with Gasteiger partial charge in [0.2, 0.25) is 0 Å². The summed E-state index contributed by atoms with van der Waals surface area (Å²) < 4.78 is 12.7. The fourth-order valence-electron chi connectivity index (χ4n) is 7.10. The Morgan fingerprint density at radius 2 is 1.12 bits per heavy atom. The summed E-state index contributed by atoms with van der Waals surface area (Å²) in [6.45, 7) is 8.45. The quantitative estimate of drug-likeness (QED) is 0.105. The molecule has 0 bridgehead atoms. The number of nitrogen functional groups attached to an aromatic ring is 1. The molecule has 4 aromatic carbocycles. The van der Waals surface area contributed by atoms with Crippen LogP contribution < -0.4 is 20.5 Å². The van der Waals surface area contributed by atoms with Crippen molar-refractivity contribution in [3.63, 3.8) is 0 Å². The number of halogens is 1. The van der Waals surface area contributed by atoms with Crippen molar-refractivity contribution in [1.82, 2.24) is 0 Å². The third-order valence-corrected chi connectivity index (χ3v) is 12.6. The third kappa shape index (κ3) is 10.8. The van der Waals surface area contributed by atoms with Gasteiger partial charge in [0, 0.05) is 31.7 Å². The molecular weight excluding hydrogens is 723 g/mol. The number of anilines is 1. The summed E-state index contributed by atoms with van der Waals surface area (Å²) in [6, 6.07) is 34.4. The average Bonchev–Trinajstić information content (AvgIpc) is 3.07. The van der Waals surface area contributed by atoms with E-state index in [9.17, 15) is 0 Å². The summed E-state index contributed by atoms with van der Waals surface area (Å²) in [5.41, 5.74) is 13.0. The van der Waals surface area contributed by atoms with Crippen molar-refractivity contribution in [2.45, 2.75) is 115 Å². The van der Waals surface area contributed by atoms with Crippen LogP contribution in [-0.2, 0) is 20.4 Å². The maximum absolute atomic E-state index is 6.37. The molecule has 0 spiro atoms. The maximum Gasteiger partial charge on any atom is 0.131 e. The minimum absolute atomic E-state index is 0. The van der Waals surface area contributed by atoms with Crippen molar-refractivity contribution in [3.8, 4) is 33.8 Å². The predicted molar refractivity (Wildman–Crippen MR) is 206 cm³/mol. The van der Waals surface area contributed by atoms with E-state index in [4.69, 9.17) is 15.2 Å². The van der Waals surface area contributed by atoms with E-state index in [1.807, 2.05) is 48.5 Å². The van der Waals surface area contributed by atoms with Crippen LogP contribution in [0.4, 0.5) is 5.69 Å². The summed E-state index contributed by atoms with van der Waals surface area (Å²) in [7, 11) is -0.213. The summed E-state index contributed by atoms with van der Waals surface area (Å²) in [6.07, 6.45) is 14.4. The van der Waals surface area contributed by atoms with Crippen LogP contribution in [0.5, 0.6) is 11.5 Å². The van der Waals surface area contributed by atoms with E-state index in [1.165, 1.54) is 69.8 Å². The van der Waals surface area contributed by atoms with Gasteiger partial charge in [-0.1, -0.05) is 119 Å². The SMILES string of the molecule is CC(C)Oc1cccc(OC(C)C)c1-c1ccccc1P(C1CCCCC1)C1CCCCC1.Cl.Nc1ccccc1-c1[c]cccc1.[Pd]. The van der Waals surface area contributed by atoms with Gasteiger partial charge in [0.05, 0.1) is 17.8 Å². The normalized spacial score (nSPS) is 15.2. The van der Waals surface area contributed by atoms with Crippen LogP contribution in [0.2, 0.25) is 0 Å². The van der Waals surface area contributed by atoms with Gasteiger partial charge in [-0.2, -0.15) is 0 Å². The van der Waals surface area contributed by atoms with E-state index >= 15 is 0 Å². The minimum Gasteiger partial charge on any atom is -0.490 e. The Kier molecular flexibility index (Phi) is 17.0. The van der Waals surface area contributed by atoms with E-state index in [1.54, 1.807) is 5.30 Å². The zero-order chi connectivity index (χ0) is 32.3. The number of para-hydroxylation sites is 1. The summed E-state index contributed by atoms with van der Waals surface area (Å²) >= 11 is 0. The second-order valence-corrected chi connectivity index (χ2v) is 16.1. The molecule has 0 heterocycles. The minimum atomic E-state index is -0.213. The summed E-state index contributed by atoms with van der Waals surface area (Å²) in [5.74, 6) is 1.91. The van der Waals surface area contributed by atoms with Crippen LogP contribution in [0.15, 0.2) is 91.0 Å². The van der Waals surface area contributed by atoms with E-state index in [0.717, 1.165) is 45.2 Å². The van der Waals surface area contributed by atoms with Gasteiger partial charge in [-0.05, 0) is 105 Å². The number of ether oxygens (including phenoxy) is 2. The second kappa shape index (κ2) is 20.4. The largest absolute Gasteiger partial charge is 0.490 e. The van der Waals surface area contributed by atoms with Gasteiger partial charge < -0.3 is 15.2 Å². The van der Waals surface area contributed by atoms with Crippen LogP contribution in [0.3, 0.4) is 0 Å². The number of hydrogen-bond acceptors (Lipinski definition) is 3. The van der Waals surface area contributed by atoms with Gasteiger partial charge in [-0.25, -0.2) is 0 Å². The second-order valence-electron chi connectivity index (χ2n) is 13.3. The Balaban J connectivity index is 0.000000350. The molecule has 2 aliphatic rings. The van der Waals surface area contributed by atoms with Crippen molar-refractivity contribution >= 4 is 31.3 Å². The maximum atomic E-state index is 6.37. The summed E-state index contributed by atoms with van der Waals surface area (Å²) in [5, 5.41) is 1.60. The molecule has 2 N–H and O–H groups in total. The van der Waals surface area contributed by atoms with Crippen LogP contribution >= 0.6 is 20.3 Å². The molecule has 4 aromatic rings. The van der Waals surface area contributed by atoms with Crippen LogP contribution in [0.1, 0.15) is 91.9 Å². The molecule has 0 atom stereocenters. The zero-order valence-corrected chi connectivity index (χ0v) is 32.4. The van der Waals surface area contributed by atoms with Crippen LogP contribution in [0.25, 0.3) is 22.3 Å². The number of hydrogen-bond donors (Lipinski definition) is 1.